The quantitative estimate of drug-likeness (QED) is 0.0166. The number of nitrogens with one attached hydrogen (secondary N) is 8. The number of carbonyl (C=O) groups is 8. The molecular weight excluding hydrogens is 1060 g/mol. The molecule has 28 heteroatoms. The molecular formula is C50H44N10O16S2. The third-order valence-corrected chi connectivity index (χ3v) is 12.5. The highest BCUT2D eigenvalue weighted by Gasteiger charge is 2.22. The molecule has 0 radical (unpaired) electrons. The number of ketones is 2. The van der Waals surface area contributed by atoms with Gasteiger partial charge in [0.05, 0.1) is 32.3 Å². The molecule has 0 heterocycles. The molecule has 12 N–H and O–H groups in total. The average molecular weight is 1110 g/mol. The molecule has 0 aliphatic rings. The summed E-state index contributed by atoms with van der Waals surface area (Å²) < 4.78 is 63.4. The third-order valence-electron chi connectivity index (χ3n) is 10.8. The fourth-order valence-electron chi connectivity index (χ4n) is 6.94. The van der Waals surface area contributed by atoms with Crippen molar-refractivity contribution in [3.05, 3.63) is 144 Å². The van der Waals surface area contributed by atoms with Gasteiger partial charge in [0, 0.05) is 48.0 Å². The van der Waals surface area contributed by atoms with E-state index in [0.29, 0.717) is 22.3 Å². The molecule has 0 spiro atoms. The van der Waals surface area contributed by atoms with Gasteiger partial charge >= 0.3 is 24.0 Å². The van der Waals surface area contributed by atoms with Crippen LogP contribution in [-0.4, -0.2) is 95.0 Å². The van der Waals surface area contributed by atoms with Crippen LogP contribution in [0.15, 0.2) is 141 Å². The summed E-state index contributed by atoms with van der Waals surface area (Å²) in [7, 11) is -8.92. The van der Waals surface area contributed by atoms with E-state index in [9.17, 15) is 65.4 Å². The number of anilines is 8. The molecule has 0 saturated heterocycles. The number of hydrazone groups is 2. The van der Waals surface area contributed by atoms with Crippen molar-refractivity contribution in [2.45, 2.75) is 37.5 Å². The monoisotopic (exact) mass is 1100 g/mol. The van der Waals surface area contributed by atoms with E-state index in [-0.39, 0.29) is 45.5 Å². The summed E-state index contributed by atoms with van der Waals surface area (Å²) in [5.74, 6) is -6.36. The third kappa shape index (κ3) is 15.0. The normalized spacial score (nSPS) is 11.6. The van der Waals surface area contributed by atoms with E-state index in [0.717, 1.165) is 50.2 Å². The largest absolute Gasteiger partial charge is 0.478 e. The second-order valence-electron chi connectivity index (χ2n) is 16.5. The summed E-state index contributed by atoms with van der Waals surface area (Å²) in [4.78, 5) is 101. The summed E-state index contributed by atoms with van der Waals surface area (Å²) >= 11 is 0. The lowest BCUT2D eigenvalue weighted by atomic mass is 9.99. The summed E-state index contributed by atoms with van der Waals surface area (Å²) in [5.41, 5.74) is 5.78. The number of carboxylic acid groups (broad SMARTS) is 2. The van der Waals surface area contributed by atoms with Crippen LogP contribution in [0.1, 0.15) is 45.7 Å². The number of Topliss-reactive ketones (excluding diaryl/α,β-unsaturated/α-hetero) is 2. The number of carbonyl (C=O) groups excluding carboxylic acids is 6. The van der Waals surface area contributed by atoms with Crippen LogP contribution < -0.4 is 42.8 Å². The van der Waals surface area contributed by atoms with Crippen molar-refractivity contribution in [3.8, 4) is 11.1 Å². The number of benzene rings is 6. The Kier molecular flexibility index (Phi) is 17.6. The summed E-state index contributed by atoms with van der Waals surface area (Å²) in [5, 5.41) is 42.5. The Labute approximate surface area is 442 Å². The maximum atomic E-state index is 13.4. The zero-order chi connectivity index (χ0) is 57.2. The maximum Gasteiger partial charge on any atom is 0.337 e. The highest BCUT2D eigenvalue weighted by atomic mass is 32.2. The van der Waals surface area contributed by atoms with Crippen LogP contribution in [0.3, 0.4) is 0 Å². The number of aromatic carboxylic acids is 2. The minimum absolute atomic E-state index is 0.00838. The minimum Gasteiger partial charge on any atom is -0.478 e. The van der Waals surface area contributed by atoms with Crippen LogP contribution in [0.25, 0.3) is 11.1 Å². The number of nitrogens with zero attached hydrogens (tertiary/aromatic N) is 2. The Morgan fingerprint density at radius 2 is 0.718 bits per heavy atom. The van der Waals surface area contributed by atoms with Gasteiger partial charge < -0.3 is 42.1 Å². The Morgan fingerprint density at radius 3 is 1.01 bits per heavy atom. The van der Waals surface area contributed by atoms with E-state index in [1.807, 2.05) is 0 Å². The van der Waals surface area contributed by atoms with Crippen LogP contribution in [0.2, 0.25) is 0 Å². The topological polar surface area (TPSA) is 407 Å². The predicted octanol–water partition coefficient (Wildman–Crippen LogP) is 7.14. The van der Waals surface area contributed by atoms with Crippen molar-refractivity contribution < 1.29 is 74.5 Å². The van der Waals surface area contributed by atoms with Crippen LogP contribution in [0.4, 0.5) is 55.1 Å². The fourth-order valence-corrected chi connectivity index (χ4v) is 7.90. The van der Waals surface area contributed by atoms with Crippen molar-refractivity contribution in [2.24, 2.45) is 10.2 Å². The predicted molar refractivity (Wildman–Crippen MR) is 287 cm³/mol. The summed E-state index contributed by atoms with van der Waals surface area (Å²) in [6, 6.07) is 24.6. The van der Waals surface area contributed by atoms with Gasteiger partial charge in [0.15, 0.2) is 23.0 Å². The van der Waals surface area contributed by atoms with Crippen LogP contribution in [0, 0.1) is 13.8 Å². The van der Waals surface area contributed by atoms with Gasteiger partial charge in [-0.1, -0.05) is 12.1 Å². The molecule has 26 nitrogen and oxygen atoms in total. The standard InChI is InChI=1S/C50H44N10O16S2/c1-25-21-29(5-17-39(25)55-45(63)43(27(3)61)59-57-41-19-11-33(23-37(41)47(65)66)53-49(69)51-31-7-13-35(14-8-31)77(71,72)73)30-6-18-40(26(2)22-30)56-46(64)44(28(4)62)60-58-42-20-12-34(24-38(42)48(67)68)54-50(70)52-32-9-15-36(16-10-32)78(74,75)76/h5-24,57-58H,1-4H3,(H,55,63)(H,56,64)(H,65,66)(H,67,68)(H2,51,53,69)(H2,52,54,70)(H,71,72,73)(H,74,75,76)/b59-43+,60-44+. The molecule has 6 aromatic rings. The van der Waals surface area contributed by atoms with Crippen molar-refractivity contribution in [1.82, 2.24) is 0 Å². The molecule has 0 bridgehead atoms. The molecule has 402 valence electrons. The Balaban J connectivity index is 1.08. The van der Waals surface area contributed by atoms with E-state index in [1.54, 1.807) is 50.2 Å². The molecule has 0 saturated carbocycles. The molecule has 0 unspecified atom stereocenters. The van der Waals surface area contributed by atoms with Gasteiger partial charge in [-0.2, -0.15) is 27.0 Å². The van der Waals surface area contributed by atoms with Crippen LogP contribution in [-0.2, 0) is 39.4 Å². The van der Waals surface area contributed by atoms with Gasteiger partial charge in [-0.05, 0) is 145 Å². The van der Waals surface area contributed by atoms with Crippen molar-refractivity contribution in [1.29, 1.82) is 0 Å². The average Bonchev–Trinajstić information content (AvgIpc) is 3.36. The zero-order valence-corrected chi connectivity index (χ0v) is 42.6. The van der Waals surface area contributed by atoms with E-state index < -0.39 is 100.0 Å². The van der Waals surface area contributed by atoms with Crippen LogP contribution in [0.5, 0.6) is 0 Å². The molecule has 0 aliphatic carbocycles. The van der Waals surface area contributed by atoms with Gasteiger partial charge in [-0.3, -0.25) is 39.1 Å². The number of aryl methyl sites for hydroxylation is 2. The van der Waals surface area contributed by atoms with Crippen molar-refractivity contribution >= 4 is 125 Å². The zero-order valence-electron chi connectivity index (χ0n) is 40.9. The first kappa shape index (κ1) is 57.1. The van der Waals surface area contributed by atoms with Gasteiger partial charge in [0.1, 0.15) is 0 Å². The lowest BCUT2D eigenvalue weighted by Gasteiger charge is -2.14. The lowest BCUT2D eigenvalue weighted by Crippen LogP contribution is -2.30. The first-order chi connectivity index (χ1) is 36.7. The first-order valence-electron chi connectivity index (χ1n) is 22.3. The molecule has 78 heavy (non-hydrogen) atoms. The number of hydrogen-bond acceptors (Lipinski definition) is 16. The SMILES string of the molecule is CC(=O)/C(=N\Nc1ccc(NC(=O)Nc2ccc(S(=O)(=O)O)cc2)cc1C(=O)O)C(=O)Nc1ccc(-c2ccc(NC(=O)/C(=N/Nc3ccc(NC(=O)Nc4ccc(S(=O)(=O)O)cc4)cc3C(=O)O)C(C)=O)c(C)c2)cc1C. The first-order valence-corrected chi connectivity index (χ1v) is 25.1. The second-order valence-corrected chi connectivity index (χ2v) is 19.4. The highest BCUT2D eigenvalue weighted by Crippen LogP contribution is 2.29. The smallest absolute Gasteiger partial charge is 0.337 e. The second kappa shape index (κ2) is 24.0. The van der Waals surface area contributed by atoms with Gasteiger partial charge in [-0.15, -0.1) is 0 Å². The Morgan fingerprint density at radius 1 is 0.410 bits per heavy atom. The molecule has 0 aliphatic heterocycles. The van der Waals surface area contributed by atoms with E-state index in [4.69, 9.17) is 9.11 Å². The molecule has 0 aromatic heterocycles. The van der Waals surface area contributed by atoms with Gasteiger partial charge in [-0.25, -0.2) is 19.2 Å². The molecule has 6 aromatic carbocycles. The summed E-state index contributed by atoms with van der Waals surface area (Å²) in [6.07, 6.45) is 0. The molecule has 0 fully saturated rings. The fraction of sp³-hybridized carbons (Fsp3) is 0.0800. The van der Waals surface area contributed by atoms with Gasteiger partial charge in [0.2, 0.25) is 0 Å². The number of hydrogen-bond donors (Lipinski definition) is 12. The Bertz CT molecular complexity index is 3510. The molecule has 0 atom stereocenters. The number of amides is 6. The Hall–Kier alpha value is -10.2. The van der Waals surface area contributed by atoms with Crippen LogP contribution >= 0.6 is 0 Å². The number of urea groups is 2. The van der Waals surface area contributed by atoms with Gasteiger partial charge in [0.25, 0.3) is 32.1 Å². The number of rotatable bonds is 19. The van der Waals surface area contributed by atoms with E-state index >= 15 is 0 Å². The highest BCUT2D eigenvalue weighted by molar-refractivity contribution is 7.86. The molecule has 6 rings (SSSR count). The van der Waals surface area contributed by atoms with Crippen molar-refractivity contribution in [2.75, 3.05) is 42.8 Å². The summed E-state index contributed by atoms with van der Waals surface area (Å²) in [6.45, 7) is 5.51. The van der Waals surface area contributed by atoms with E-state index in [1.165, 1.54) is 48.5 Å². The number of carboxylic acids is 2. The maximum absolute atomic E-state index is 13.4. The van der Waals surface area contributed by atoms with Crippen molar-refractivity contribution in [3.63, 3.8) is 0 Å². The molecule has 6 amide bonds. The van der Waals surface area contributed by atoms with E-state index in [2.05, 4.69) is 53.0 Å². The minimum atomic E-state index is -4.46. The lowest BCUT2D eigenvalue weighted by molar-refractivity contribution is -0.116.